The molecular formula is C8H15FO3S. The van der Waals surface area contributed by atoms with Gasteiger partial charge in [-0.1, -0.05) is 0 Å². The minimum Gasteiger partial charge on any atom is -0.390 e. The van der Waals surface area contributed by atoms with Crippen molar-refractivity contribution >= 4 is 9.84 Å². The number of aliphatic hydroxyl groups excluding tert-OH is 1. The second kappa shape index (κ2) is 3.92. The number of alkyl halides is 1. The predicted molar refractivity (Wildman–Crippen MR) is 48.0 cm³/mol. The summed E-state index contributed by atoms with van der Waals surface area (Å²) in [6, 6.07) is 0. The lowest BCUT2D eigenvalue weighted by molar-refractivity contribution is 0.0569. The summed E-state index contributed by atoms with van der Waals surface area (Å²) in [6.45, 7) is 1.35. The van der Waals surface area contributed by atoms with Crippen LogP contribution in [0.5, 0.6) is 0 Å². The molecule has 0 spiro atoms. The Bertz CT molecular complexity index is 261. The molecule has 1 aliphatic heterocycles. The maximum absolute atomic E-state index is 13.2. The third-order valence-electron chi connectivity index (χ3n) is 2.41. The van der Waals surface area contributed by atoms with Crippen molar-refractivity contribution in [2.45, 2.75) is 32.0 Å². The third-order valence-corrected chi connectivity index (χ3v) is 4.26. The Morgan fingerprint density at radius 2 is 2.15 bits per heavy atom. The Morgan fingerprint density at radius 3 is 2.62 bits per heavy atom. The highest BCUT2D eigenvalue weighted by atomic mass is 32.2. The SMILES string of the molecule is CC(O)C(F)C1CCCS(=O)(=O)C1. The van der Waals surface area contributed by atoms with Crippen molar-refractivity contribution in [1.29, 1.82) is 0 Å². The lowest BCUT2D eigenvalue weighted by Gasteiger charge is -2.26. The minimum atomic E-state index is -3.06. The molecule has 0 amide bonds. The van der Waals surface area contributed by atoms with Gasteiger partial charge in [0, 0.05) is 5.92 Å². The van der Waals surface area contributed by atoms with Gasteiger partial charge in [0.25, 0.3) is 0 Å². The van der Waals surface area contributed by atoms with Crippen molar-refractivity contribution in [1.82, 2.24) is 0 Å². The van der Waals surface area contributed by atoms with Crippen LogP contribution >= 0.6 is 0 Å². The lowest BCUT2D eigenvalue weighted by Crippen LogP contribution is -2.36. The number of hydrogen-bond acceptors (Lipinski definition) is 3. The average molecular weight is 210 g/mol. The summed E-state index contributed by atoms with van der Waals surface area (Å²) in [5.74, 6) is -0.464. The van der Waals surface area contributed by atoms with Gasteiger partial charge in [-0.25, -0.2) is 12.8 Å². The van der Waals surface area contributed by atoms with Crippen LogP contribution in [0.1, 0.15) is 19.8 Å². The van der Waals surface area contributed by atoms with Crippen LogP contribution in [-0.4, -0.2) is 37.3 Å². The van der Waals surface area contributed by atoms with E-state index in [0.717, 1.165) is 0 Å². The topological polar surface area (TPSA) is 54.4 Å². The van der Waals surface area contributed by atoms with Crippen LogP contribution in [0.15, 0.2) is 0 Å². The highest BCUT2D eigenvalue weighted by molar-refractivity contribution is 7.91. The quantitative estimate of drug-likeness (QED) is 0.723. The molecule has 3 atom stereocenters. The zero-order valence-electron chi connectivity index (χ0n) is 7.61. The van der Waals surface area contributed by atoms with Crippen molar-refractivity contribution in [3.8, 4) is 0 Å². The molecule has 1 saturated heterocycles. The molecule has 0 aromatic heterocycles. The number of rotatable bonds is 2. The number of sulfone groups is 1. The van der Waals surface area contributed by atoms with Gasteiger partial charge in [0.2, 0.25) is 0 Å². The van der Waals surface area contributed by atoms with E-state index >= 15 is 0 Å². The first-order valence-electron chi connectivity index (χ1n) is 4.45. The molecule has 1 rings (SSSR count). The zero-order valence-corrected chi connectivity index (χ0v) is 8.43. The molecule has 1 N–H and O–H groups in total. The van der Waals surface area contributed by atoms with E-state index in [4.69, 9.17) is 5.11 Å². The van der Waals surface area contributed by atoms with Gasteiger partial charge in [-0.3, -0.25) is 0 Å². The zero-order chi connectivity index (χ0) is 10.1. The maximum Gasteiger partial charge on any atom is 0.150 e. The smallest absolute Gasteiger partial charge is 0.150 e. The van der Waals surface area contributed by atoms with Crippen LogP contribution < -0.4 is 0 Å². The summed E-state index contributed by atoms with van der Waals surface area (Å²) in [4.78, 5) is 0. The Hall–Kier alpha value is -0.160. The van der Waals surface area contributed by atoms with Crippen molar-refractivity contribution in [3.63, 3.8) is 0 Å². The van der Waals surface area contributed by atoms with Gasteiger partial charge in [0.1, 0.15) is 6.17 Å². The van der Waals surface area contributed by atoms with Crippen LogP contribution in [0.3, 0.4) is 0 Å². The van der Waals surface area contributed by atoms with E-state index in [1.54, 1.807) is 0 Å². The van der Waals surface area contributed by atoms with Crippen LogP contribution in [-0.2, 0) is 9.84 Å². The van der Waals surface area contributed by atoms with Crippen molar-refractivity contribution in [2.75, 3.05) is 11.5 Å². The van der Waals surface area contributed by atoms with Crippen LogP contribution in [0, 0.1) is 5.92 Å². The Labute approximate surface area is 77.9 Å². The van der Waals surface area contributed by atoms with E-state index in [0.29, 0.717) is 12.8 Å². The molecule has 0 aromatic carbocycles. The number of halogens is 1. The van der Waals surface area contributed by atoms with Gasteiger partial charge in [0.15, 0.2) is 9.84 Å². The molecule has 1 aliphatic rings. The molecule has 0 aromatic rings. The van der Waals surface area contributed by atoms with Gasteiger partial charge in [0.05, 0.1) is 17.6 Å². The van der Waals surface area contributed by atoms with Crippen molar-refractivity contribution in [3.05, 3.63) is 0 Å². The van der Waals surface area contributed by atoms with Crippen LogP contribution in [0.4, 0.5) is 4.39 Å². The fourth-order valence-electron chi connectivity index (χ4n) is 1.70. The molecule has 78 valence electrons. The van der Waals surface area contributed by atoms with Crippen LogP contribution in [0.25, 0.3) is 0 Å². The van der Waals surface area contributed by atoms with Gasteiger partial charge in [-0.15, -0.1) is 0 Å². The third kappa shape index (κ3) is 2.91. The number of aliphatic hydroxyl groups is 1. The standard InChI is InChI=1S/C8H15FO3S/c1-6(10)8(9)7-3-2-4-13(11,12)5-7/h6-8,10H,2-5H2,1H3. The van der Waals surface area contributed by atoms with Gasteiger partial charge in [-0.05, 0) is 19.8 Å². The summed E-state index contributed by atoms with van der Waals surface area (Å²) >= 11 is 0. The molecular weight excluding hydrogens is 195 g/mol. The molecule has 13 heavy (non-hydrogen) atoms. The molecule has 0 aliphatic carbocycles. The summed E-state index contributed by atoms with van der Waals surface area (Å²) in [5.41, 5.74) is 0. The highest BCUT2D eigenvalue weighted by Crippen LogP contribution is 2.25. The number of hydrogen-bond donors (Lipinski definition) is 1. The Morgan fingerprint density at radius 1 is 1.54 bits per heavy atom. The monoisotopic (exact) mass is 210 g/mol. The van der Waals surface area contributed by atoms with Crippen molar-refractivity contribution < 1.29 is 17.9 Å². The molecule has 0 saturated carbocycles. The lowest BCUT2D eigenvalue weighted by atomic mass is 9.97. The highest BCUT2D eigenvalue weighted by Gasteiger charge is 2.33. The minimum absolute atomic E-state index is 0.112. The van der Waals surface area contributed by atoms with Gasteiger partial charge in [-0.2, -0.15) is 0 Å². The second-order valence-corrected chi connectivity index (χ2v) is 5.93. The molecule has 1 heterocycles. The largest absolute Gasteiger partial charge is 0.390 e. The summed E-state index contributed by atoms with van der Waals surface area (Å²) in [5, 5.41) is 8.97. The molecule has 1 fully saturated rings. The van der Waals surface area contributed by atoms with Crippen molar-refractivity contribution in [2.24, 2.45) is 5.92 Å². The first-order valence-corrected chi connectivity index (χ1v) is 6.27. The Balaban J connectivity index is 2.62. The molecule has 5 heteroatoms. The fraction of sp³-hybridized carbons (Fsp3) is 1.00. The first-order chi connectivity index (χ1) is 5.92. The van der Waals surface area contributed by atoms with Crippen LogP contribution in [0.2, 0.25) is 0 Å². The summed E-state index contributed by atoms with van der Waals surface area (Å²) in [7, 11) is -3.06. The van der Waals surface area contributed by atoms with E-state index < -0.39 is 28.0 Å². The fourth-order valence-corrected chi connectivity index (χ4v) is 3.48. The Kier molecular flexibility index (Phi) is 3.29. The van der Waals surface area contributed by atoms with E-state index in [1.165, 1.54) is 6.92 Å². The van der Waals surface area contributed by atoms with Gasteiger partial charge >= 0.3 is 0 Å². The maximum atomic E-state index is 13.2. The van der Waals surface area contributed by atoms with E-state index in [2.05, 4.69) is 0 Å². The predicted octanol–water partition coefficient (Wildman–Crippen LogP) is 0.530. The molecule has 0 radical (unpaired) electrons. The summed E-state index contributed by atoms with van der Waals surface area (Å²) in [6.07, 6.45) is -1.40. The van der Waals surface area contributed by atoms with E-state index in [1.807, 2.05) is 0 Å². The molecule has 0 bridgehead atoms. The normalized spacial score (nSPS) is 32.4. The van der Waals surface area contributed by atoms with E-state index in [9.17, 15) is 12.8 Å². The molecule has 3 unspecified atom stereocenters. The first kappa shape index (κ1) is 10.9. The summed E-state index contributed by atoms with van der Waals surface area (Å²) < 4.78 is 35.5. The molecule has 3 nitrogen and oxygen atoms in total. The van der Waals surface area contributed by atoms with E-state index in [-0.39, 0.29) is 11.5 Å². The second-order valence-electron chi connectivity index (χ2n) is 3.70. The average Bonchev–Trinajstić information content (AvgIpc) is 2.01. The van der Waals surface area contributed by atoms with Gasteiger partial charge < -0.3 is 5.11 Å².